The third-order valence-electron chi connectivity index (χ3n) is 3.70. The van der Waals surface area contributed by atoms with Crippen molar-refractivity contribution in [3.05, 3.63) is 12.7 Å². The first-order valence-corrected chi connectivity index (χ1v) is 5.88. The minimum atomic E-state index is 0.306. The van der Waals surface area contributed by atoms with E-state index in [0.717, 1.165) is 32.2 Å². The quantitative estimate of drug-likeness (QED) is 0.695. The van der Waals surface area contributed by atoms with E-state index in [9.17, 15) is 4.79 Å². The fraction of sp³-hybridized carbons (Fsp3) is 0.750. The summed E-state index contributed by atoms with van der Waals surface area (Å²) in [4.78, 5) is 13.8. The van der Waals surface area contributed by atoms with Crippen LogP contribution in [0.5, 0.6) is 0 Å². The molecule has 0 spiro atoms. The zero-order chi connectivity index (χ0) is 10.8. The van der Waals surface area contributed by atoms with Crippen LogP contribution in [0.4, 0.5) is 0 Å². The van der Waals surface area contributed by atoms with Crippen molar-refractivity contribution >= 4 is 5.91 Å². The third kappa shape index (κ3) is 2.23. The van der Waals surface area contributed by atoms with Gasteiger partial charge in [-0.05, 0) is 25.7 Å². The minimum absolute atomic E-state index is 0.306. The topological polar surface area (TPSA) is 46.3 Å². The lowest BCUT2D eigenvalue weighted by Crippen LogP contribution is -2.41. The van der Waals surface area contributed by atoms with Gasteiger partial charge >= 0.3 is 0 Å². The lowest BCUT2D eigenvalue weighted by atomic mass is 9.91. The molecule has 2 N–H and O–H groups in total. The Morgan fingerprint density at radius 1 is 1.33 bits per heavy atom. The van der Waals surface area contributed by atoms with E-state index >= 15 is 0 Å². The molecule has 2 aliphatic rings. The number of nitrogens with two attached hydrogens (primary N) is 1. The van der Waals surface area contributed by atoms with Crippen molar-refractivity contribution in [2.24, 2.45) is 11.7 Å². The predicted molar refractivity (Wildman–Crippen MR) is 60.2 cm³/mol. The van der Waals surface area contributed by atoms with Crippen molar-refractivity contribution in [2.45, 2.75) is 44.2 Å². The number of likely N-dealkylation sites (tertiary alicyclic amines) is 1. The van der Waals surface area contributed by atoms with E-state index in [1.807, 2.05) is 6.08 Å². The first-order chi connectivity index (χ1) is 7.20. The van der Waals surface area contributed by atoms with Gasteiger partial charge in [-0.25, -0.2) is 0 Å². The Hall–Kier alpha value is -0.830. The Balaban J connectivity index is 1.93. The molecule has 1 heterocycles. The van der Waals surface area contributed by atoms with Crippen LogP contribution in [-0.4, -0.2) is 29.4 Å². The molecule has 0 aromatic heterocycles. The number of carbonyl (C=O) groups is 1. The van der Waals surface area contributed by atoms with Crippen LogP contribution in [-0.2, 0) is 4.79 Å². The SMILES string of the molecule is C=CC1CC(=O)N(C2CCC(N)CC2)C1. The van der Waals surface area contributed by atoms with Crippen molar-refractivity contribution in [2.75, 3.05) is 6.54 Å². The van der Waals surface area contributed by atoms with Gasteiger partial charge in [0, 0.05) is 31.0 Å². The van der Waals surface area contributed by atoms with E-state index in [0.29, 0.717) is 30.3 Å². The first-order valence-electron chi connectivity index (χ1n) is 5.88. The van der Waals surface area contributed by atoms with Crippen molar-refractivity contribution < 1.29 is 4.79 Å². The van der Waals surface area contributed by atoms with Gasteiger partial charge in [-0.15, -0.1) is 6.58 Å². The molecule has 0 bridgehead atoms. The molecule has 1 aliphatic heterocycles. The highest BCUT2D eigenvalue weighted by atomic mass is 16.2. The number of hydrogen-bond donors (Lipinski definition) is 1. The van der Waals surface area contributed by atoms with Gasteiger partial charge in [0.15, 0.2) is 0 Å². The van der Waals surface area contributed by atoms with E-state index in [2.05, 4.69) is 11.5 Å². The summed E-state index contributed by atoms with van der Waals surface area (Å²) in [5, 5.41) is 0. The largest absolute Gasteiger partial charge is 0.339 e. The first kappa shape index (κ1) is 10.7. The molecule has 1 saturated carbocycles. The zero-order valence-electron chi connectivity index (χ0n) is 9.19. The zero-order valence-corrected chi connectivity index (χ0v) is 9.19. The smallest absolute Gasteiger partial charge is 0.223 e. The van der Waals surface area contributed by atoms with E-state index < -0.39 is 0 Å². The van der Waals surface area contributed by atoms with Crippen LogP contribution in [0.25, 0.3) is 0 Å². The molecule has 1 saturated heterocycles. The summed E-state index contributed by atoms with van der Waals surface area (Å²) in [6.07, 6.45) is 6.85. The highest BCUT2D eigenvalue weighted by Crippen LogP contribution is 2.28. The average Bonchev–Trinajstić information content (AvgIpc) is 2.61. The van der Waals surface area contributed by atoms with Crippen LogP contribution >= 0.6 is 0 Å². The van der Waals surface area contributed by atoms with Crippen LogP contribution in [0.3, 0.4) is 0 Å². The van der Waals surface area contributed by atoms with E-state index in [1.165, 1.54) is 0 Å². The van der Waals surface area contributed by atoms with Gasteiger partial charge < -0.3 is 10.6 Å². The molecule has 1 aliphatic carbocycles. The predicted octanol–water partition coefficient (Wildman–Crippen LogP) is 1.29. The maximum atomic E-state index is 11.8. The van der Waals surface area contributed by atoms with Crippen molar-refractivity contribution in [3.8, 4) is 0 Å². The summed E-state index contributed by atoms with van der Waals surface area (Å²) in [5.41, 5.74) is 5.86. The van der Waals surface area contributed by atoms with Crippen LogP contribution in [0.1, 0.15) is 32.1 Å². The monoisotopic (exact) mass is 208 g/mol. The fourth-order valence-electron chi connectivity index (χ4n) is 2.68. The van der Waals surface area contributed by atoms with Crippen molar-refractivity contribution in [1.29, 1.82) is 0 Å². The molecule has 0 radical (unpaired) electrons. The Labute approximate surface area is 91.3 Å². The summed E-state index contributed by atoms with van der Waals surface area (Å²) >= 11 is 0. The molecule has 1 unspecified atom stereocenters. The summed E-state index contributed by atoms with van der Waals surface area (Å²) in [6.45, 7) is 4.65. The van der Waals surface area contributed by atoms with Gasteiger partial charge in [-0.2, -0.15) is 0 Å². The number of carbonyl (C=O) groups excluding carboxylic acids is 1. The molecule has 2 fully saturated rings. The molecule has 1 amide bonds. The number of nitrogens with zero attached hydrogens (tertiary/aromatic N) is 1. The number of rotatable bonds is 2. The molecule has 1 atom stereocenters. The van der Waals surface area contributed by atoms with Gasteiger partial charge in [0.25, 0.3) is 0 Å². The van der Waals surface area contributed by atoms with Crippen LogP contribution < -0.4 is 5.73 Å². The van der Waals surface area contributed by atoms with Gasteiger partial charge in [0.2, 0.25) is 5.91 Å². The molecule has 0 aromatic carbocycles. The molecule has 84 valence electrons. The molecular weight excluding hydrogens is 188 g/mol. The van der Waals surface area contributed by atoms with Gasteiger partial charge in [0.1, 0.15) is 0 Å². The molecule has 2 rings (SSSR count). The highest BCUT2D eigenvalue weighted by molar-refractivity contribution is 5.79. The highest BCUT2D eigenvalue weighted by Gasteiger charge is 2.34. The number of hydrogen-bond acceptors (Lipinski definition) is 2. The molecule has 15 heavy (non-hydrogen) atoms. The second-order valence-corrected chi connectivity index (χ2v) is 4.81. The Morgan fingerprint density at radius 2 is 2.00 bits per heavy atom. The molecule has 3 nitrogen and oxygen atoms in total. The standard InChI is InChI=1S/C12H20N2O/c1-2-9-7-12(15)14(8-9)11-5-3-10(13)4-6-11/h2,9-11H,1,3-8,13H2. The summed E-state index contributed by atoms with van der Waals surface area (Å²) in [7, 11) is 0. The van der Waals surface area contributed by atoms with Crippen LogP contribution in [0, 0.1) is 5.92 Å². The summed E-state index contributed by atoms with van der Waals surface area (Å²) < 4.78 is 0. The molecular formula is C12H20N2O. The third-order valence-corrected chi connectivity index (χ3v) is 3.70. The van der Waals surface area contributed by atoms with E-state index in [-0.39, 0.29) is 0 Å². The normalized spacial score (nSPS) is 37.0. The molecule has 0 aromatic rings. The minimum Gasteiger partial charge on any atom is -0.339 e. The summed E-state index contributed by atoms with van der Waals surface area (Å²) in [5.74, 6) is 0.675. The Kier molecular flexibility index (Phi) is 3.10. The second kappa shape index (κ2) is 4.35. The Morgan fingerprint density at radius 3 is 2.53 bits per heavy atom. The van der Waals surface area contributed by atoms with Gasteiger partial charge in [-0.3, -0.25) is 4.79 Å². The maximum Gasteiger partial charge on any atom is 0.223 e. The second-order valence-electron chi connectivity index (χ2n) is 4.81. The van der Waals surface area contributed by atoms with Gasteiger partial charge in [-0.1, -0.05) is 6.08 Å². The summed E-state index contributed by atoms with van der Waals surface area (Å²) in [6, 6.07) is 0.802. The van der Waals surface area contributed by atoms with E-state index in [1.54, 1.807) is 0 Å². The van der Waals surface area contributed by atoms with Crippen molar-refractivity contribution in [1.82, 2.24) is 4.90 Å². The Bertz CT molecular complexity index is 256. The fourth-order valence-corrected chi connectivity index (χ4v) is 2.68. The maximum absolute atomic E-state index is 11.8. The lowest BCUT2D eigenvalue weighted by molar-refractivity contribution is -0.130. The lowest BCUT2D eigenvalue weighted by Gasteiger charge is -2.33. The van der Waals surface area contributed by atoms with Crippen molar-refractivity contribution in [3.63, 3.8) is 0 Å². The molecule has 3 heteroatoms. The van der Waals surface area contributed by atoms with E-state index in [4.69, 9.17) is 5.73 Å². The van der Waals surface area contributed by atoms with Crippen LogP contribution in [0.15, 0.2) is 12.7 Å². The van der Waals surface area contributed by atoms with Crippen LogP contribution in [0.2, 0.25) is 0 Å². The van der Waals surface area contributed by atoms with Gasteiger partial charge in [0.05, 0.1) is 0 Å². The average molecular weight is 208 g/mol. The number of amides is 1.